The van der Waals surface area contributed by atoms with Crippen LogP contribution >= 0.6 is 7.82 Å². The number of phosphoric ester groups is 1. The summed E-state index contributed by atoms with van der Waals surface area (Å²) in [6.07, 6.45) is 58.1. The van der Waals surface area contributed by atoms with E-state index in [0.717, 1.165) is 70.6 Å². The number of ether oxygens (including phenoxy) is 2. The molecule has 0 aromatic rings. The van der Waals surface area contributed by atoms with Gasteiger partial charge in [-0.25, -0.2) is 0 Å². The Morgan fingerprint density at radius 1 is 0.500 bits per heavy atom. The molecule has 2 unspecified atom stereocenters. The topological polar surface area (TPSA) is 94.1 Å². The Bertz CT molecular complexity index is 1170. The van der Waals surface area contributed by atoms with Crippen LogP contribution in [0.3, 0.4) is 0 Å². The minimum absolute atomic E-state index is 0.0199. The number of phosphoric acid groups is 1. The number of esters is 1. The lowest BCUT2D eigenvalue weighted by Gasteiger charge is -2.28. The normalized spacial score (nSPS) is 14.1. The Hall–Kier alpha value is -1.80. The van der Waals surface area contributed by atoms with Gasteiger partial charge in [-0.2, -0.15) is 0 Å². The maximum atomic E-state index is 12.7. The van der Waals surface area contributed by atoms with Gasteiger partial charge in [0.1, 0.15) is 19.3 Å². The second-order valence-electron chi connectivity index (χ2n) is 18.2. The number of nitrogens with zero attached hydrogens (tertiary/aromatic N) is 1. The molecule has 0 aliphatic heterocycles. The monoisotopic (exact) mass is 892 g/mol. The Labute approximate surface area is 383 Å². The van der Waals surface area contributed by atoms with E-state index in [1.54, 1.807) is 0 Å². The van der Waals surface area contributed by atoms with Gasteiger partial charge in [0.15, 0.2) is 0 Å². The molecule has 0 aliphatic carbocycles. The Balaban J connectivity index is 4.17. The highest BCUT2D eigenvalue weighted by Crippen LogP contribution is 2.38. The third-order valence-corrected chi connectivity index (χ3v) is 11.8. The smallest absolute Gasteiger partial charge is 0.306 e. The first-order valence-corrected chi connectivity index (χ1v) is 27.0. The maximum absolute atomic E-state index is 12.7. The van der Waals surface area contributed by atoms with Crippen LogP contribution in [0, 0.1) is 0 Å². The number of likely N-dealkylation sites (N-methyl/N-ethyl adjacent to an activating group) is 1. The van der Waals surface area contributed by atoms with Crippen molar-refractivity contribution in [2.75, 3.05) is 54.1 Å². The van der Waals surface area contributed by atoms with Gasteiger partial charge in [0.2, 0.25) is 0 Å². The van der Waals surface area contributed by atoms with E-state index in [2.05, 4.69) is 74.6 Å². The van der Waals surface area contributed by atoms with Gasteiger partial charge in [-0.05, 0) is 83.5 Å². The number of unbranched alkanes of at least 4 members (excludes halogenated alkanes) is 23. The molecule has 0 aromatic heterocycles. The SMILES string of the molecule is CCCCCC/C=C\C/C=C\CCCCCCCC(=O)OC(COCCCCCCCCCCC/C=C\C/C=C\C/C=C\CCCCCCC)COP(=O)([O-])OCC[N+](C)(C)C. The Morgan fingerprint density at radius 3 is 1.34 bits per heavy atom. The van der Waals surface area contributed by atoms with Crippen molar-refractivity contribution in [2.24, 2.45) is 0 Å². The molecule has 0 rings (SSSR count). The lowest BCUT2D eigenvalue weighted by molar-refractivity contribution is -0.870. The van der Waals surface area contributed by atoms with Gasteiger partial charge in [0.25, 0.3) is 7.82 Å². The number of hydrogen-bond donors (Lipinski definition) is 0. The summed E-state index contributed by atoms with van der Waals surface area (Å²) in [5.74, 6) is -0.350. The van der Waals surface area contributed by atoms with Gasteiger partial charge in [0, 0.05) is 13.0 Å². The molecule has 0 bridgehead atoms. The highest BCUT2D eigenvalue weighted by molar-refractivity contribution is 7.45. The maximum Gasteiger partial charge on any atom is 0.306 e. The van der Waals surface area contributed by atoms with E-state index in [-0.39, 0.29) is 25.8 Å². The lowest BCUT2D eigenvalue weighted by Crippen LogP contribution is -2.37. The molecular weight excluding hydrogens is 794 g/mol. The zero-order chi connectivity index (χ0) is 45.5. The van der Waals surface area contributed by atoms with E-state index < -0.39 is 13.9 Å². The number of carbonyl (C=O) groups excluding carboxylic acids is 1. The quantitative estimate of drug-likeness (QED) is 0.0197. The van der Waals surface area contributed by atoms with Crippen LogP contribution in [0.1, 0.15) is 213 Å². The Morgan fingerprint density at radius 2 is 0.887 bits per heavy atom. The molecule has 2 atom stereocenters. The summed E-state index contributed by atoms with van der Waals surface area (Å²) in [6, 6.07) is 0. The van der Waals surface area contributed by atoms with Crippen molar-refractivity contribution in [3.05, 3.63) is 60.8 Å². The van der Waals surface area contributed by atoms with Crippen LogP contribution in [0.15, 0.2) is 60.8 Å². The summed E-state index contributed by atoms with van der Waals surface area (Å²) in [5, 5.41) is 0. The third kappa shape index (κ3) is 49.2. The van der Waals surface area contributed by atoms with Crippen molar-refractivity contribution in [1.82, 2.24) is 0 Å². The average molecular weight is 892 g/mol. The molecular formula is C53H98NO7P. The highest BCUT2D eigenvalue weighted by Gasteiger charge is 2.20. The van der Waals surface area contributed by atoms with Gasteiger partial charge < -0.3 is 27.9 Å². The summed E-state index contributed by atoms with van der Waals surface area (Å²) >= 11 is 0. The second kappa shape index (κ2) is 45.8. The fourth-order valence-corrected chi connectivity index (χ4v) is 7.55. The molecule has 0 saturated carbocycles. The van der Waals surface area contributed by atoms with Gasteiger partial charge in [0.05, 0.1) is 34.4 Å². The van der Waals surface area contributed by atoms with Crippen LogP contribution < -0.4 is 4.89 Å². The summed E-state index contributed by atoms with van der Waals surface area (Å²) in [7, 11) is 1.34. The van der Waals surface area contributed by atoms with E-state index in [1.807, 2.05) is 21.1 Å². The predicted octanol–water partition coefficient (Wildman–Crippen LogP) is 15.0. The molecule has 0 radical (unpaired) electrons. The zero-order valence-corrected chi connectivity index (χ0v) is 42.0. The fourth-order valence-electron chi connectivity index (χ4n) is 6.82. The van der Waals surface area contributed by atoms with Crippen LogP contribution in [0.25, 0.3) is 0 Å². The average Bonchev–Trinajstić information content (AvgIpc) is 3.23. The zero-order valence-electron chi connectivity index (χ0n) is 41.1. The van der Waals surface area contributed by atoms with Crippen LogP contribution in [0.4, 0.5) is 0 Å². The molecule has 0 amide bonds. The predicted molar refractivity (Wildman–Crippen MR) is 263 cm³/mol. The van der Waals surface area contributed by atoms with E-state index in [0.29, 0.717) is 24.1 Å². The standard InChI is InChI=1S/C53H98NO7P/c1-6-8-10-12-14-16-18-20-22-24-25-26-27-28-29-30-31-33-35-37-39-41-43-45-48-58-50-52(51-60-62(56,57)59-49-47-54(3,4)5)61-53(55)46-44-42-40-38-36-34-32-23-21-19-17-15-13-11-9-7-2/h17-20,23-25,27-28,32,52H,6-16,21-22,26,29-31,33-51H2,1-5H3/b19-17-,20-18-,25-24-,28-27-,32-23-. The molecule has 0 N–H and O–H groups in total. The second-order valence-corrected chi connectivity index (χ2v) is 19.6. The number of carbonyl (C=O) groups is 1. The first-order chi connectivity index (χ1) is 30.1. The number of quaternary nitrogens is 1. The van der Waals surface area contributed by atoms with E-state index in [9.17, 15) is 14.3 Å². The molecule has 0 heterocycles. The largest absolute Gasteiger partial charge is 0.756 e. The van der Waals surface area contributed by atoms with Gasteiger partial charge in [-0.15, -0.1) is 0 Å². The van der Waals surface area contributed by atoms with Crippen molar-refractivity contribution >= 4 is 13.8 Å². The summed E-state index contributed by atoms with van der Waals surface area (Å²) < 4.78 is 34.7. The first-order valence-electron chi connectivity index (χ1n) is 25.5. The summed E-state index contributed by atoms with van der Waals surface area (Å²) in [5.41, 5.74) is 0. The van der Waals surface area contributed by atoms with Crippen molar-refractivity contribution in [3.63, 3.8) is 0 Å². The molecule has 62 heavy (non-hydrogen) atoms. The van der Waals surface area contributed by atoms with Crippen molar-refractivity contribution in [2.45, 2.75) is 219 Å². The molecule has 0 aromatic carbocycles. The summed E-state index contributed by atoms with van der Waals surface area (Å²) in [4.78, 5) is 25.1. The van der Waals surface area contributed by atoms with Crippen molar-refractivity contribution < 1.29 is 37.3 Å². The number of rotatable bonds is 47. The molecule has 0 aliphatic rings. The van der Waals surface area contributed by atoms with Gasteiger partial charge in [-0.3, -0.25) is 9.36 Å². The summed E-state index contributed by atoms with van der Waals surface area (Å²) in [6.45, 7) is 5.36. The van der Waals surface area contributed by atoms with Crippen molar-refractivity contribution in [3.8, 4) is 0 Å². The molecule has 362 valence electrons. The molecule has 9 heteroatoms. The van der Waals surface area contributed by atoms with Crippen LogP contribution in [0.2, 0.25) is 0 Å². The lowest BCUT2D eigenvalue weighted by atomic mass is 10.1. The minimum atomic E-state index is -4.54. The molecule has 0 saturated heterocycles. The first kappa shape index (κ1) is 60.2. The number of allylic oxidation sites excluding steroid dienone is 10. The Kier molecular flexibility index (Phi) is 44.4. The fraction of sp³-hybridized carbons (Fsp3) is 0.792. The van der Waals surface area contributed by atoms with Crippen molar-refractivity contribution in [1.29, 1.82) is 0 Å². The third-order valence-electron chi connectivity index (χ3n) is 10.8. The van der Waals surface area contributed by atoms with E-state index in [4.69, 9.17) is 18.5 Å². The van der Waals surface area contributed by atoms with Gasteiger partial charge in [-0.1, -0.05) is 184 Å². The van der Waals surface area contributed by atoms with Crippen LogP contribution in [-0.2, 0) is 27.9 Å². The minimum Gasteiger partial charge on any atom is -0.756 e. The molecule has 0 spiro atoms. The van der Waals surface area contributed by atoms with Gasteiger partial charge >= 0.3 is 5.97 Å². The highest BCUT2D eigenvalue weighted by atomic mass is 31.2. The molecule has 0 fully saturated rings. The van der Waals surface area contributed by atoms with E-state index >= 15 is 0 Å². The van der Waals surface area contributed by atoms with E-state index in [1.165, 1.54) is 122 Å². The van der Waals surface area contributed by atoms with Crippen LogP contribution in [0.5, 0.6) is 0 Å². The van der Waals surface area contributed by atoms with Crippen LogP contribution in [-0.4, -0.2) is 70.7 Å². The molecule has 8 nitrogen and oxygen atoms in total. The number of hydrogen-bond acceptors (Lipinski definition) is 7.